The standard InChI is InChI=1S/C13H9ClN4S/c14-9-3-1-2-8(6-9)12-17-7-11(19-12)10-4-5-16-13(15)18-10/h1-7H,(H2,15,16,18). The summed E-state index contributed by atoms with van der Waals surface area (Å²) in [6, 6.07) is 9.42. The minimum absolute atomic E-state index is 0.259. The maximum absolute atomic E-state index is 5.98. The number of nitrogen functional groups attached to an aromatic ring is 1. The number of halogens is 1. The lowest BCUT2D eigenvalue weighted by molar-refractivity contribution is 1.19. The predicted octanol–water partition coefficient (Wildman–Crippen LogP) is 3.50. The van der Waals surface area contributed by atoms with Crippen molar-refractivity contribution in [2.24, 2.45) is 0 Å². The van der Waals surface area contributed by atoms with Gasteiger partial charge in [-0.2, -0.15) is 0 Å². The van der Waals surface area contributed by atoms with Crippen LogP contribution in [0.4, 0.5) is 5.95 Å². The summed E-state index contributed by atoms with van der Waals surface area (Å²) in [5.74, 6) is 0.259. The second-order valence-electron chi connectivity index (χ2n) is 3.84. The Balaban J connectivity index is 2.00. The van der Waals surface area contributed by atoms with E-state index in [-0.39, 0.29) is 5.95 Å². The fraction of sp³-hybridized carbons (Fsp3) is 0. The summed E-state index contributed by atoms with van der Waals surface area (Å²) in [4.78, 5) is 13.4. The van der Waals surface area contributed by atoms with Crippen LogP contribution in [0.3, 0.4) is 0 Å². The van der Waals surface area contributed by atoms with Crippen LogP contribution in [0.25, 0.3) is 21.1 Å². The molecule has 0 atom stereocenters. The number of benzene rings is 1. The van der Waals surface area contributed by atoms with Crippen molar-refractivity contribution in [2.75, 3.05) is 5.73 Å². The third-order valence-corrected chi connectivity index (χ3v) is 3.81. The van der Waals surface area contributed by atoms with E-state index in [1.807, 2.05) is 30.3 Å². The van der Waals surface area contributed by atoms with Gasteiger partial charge in [-0.05, 0) is 18.2 Å². The first-order valence-electron chi connectivity index (χ1n) is 5.53. The first-order valence-corrected chi connectivity index (χ1v) is 6.72. The van der Waals surface area contributed by atoms with E-state index in [1.165, 1.54) is 0 Å². The van der Waals surface area contributed by atoms with Crippen molar-refractivity contribution in [1.29, 1.82) is 0 Å². The third-order valence-electron chi connectivity index (χ3n) is 2.50. The van der Waals surface area contributed by atoms with Crippen LogP contribution in [0.15, 0.2) is 42.7 Å². The molecule has 0 unspecified atom stereocenters. The molecule has 0 aliphatic rings. The van der Waals surface area contributed by atoms with Crippen molar-refractivity contribution in [3.63, 3.8) is 0 Å². The van der Waals surface area contributed by atoms with Gasteiger partial charge < -0.3 is 5.73 Å². The molecule has 0 fully saturated rings. The summed E-state index contributed by atoms with van der Waals surface area (Å²) in [5, 5.41) is 1.59. The topological polar surface area (TPSA) is 64.7 Å². The molecule has 2 N–H and O–H groups in total. The highest BCUT2D eigenvalue weighted by Crippen LogP contribution is 2.31. The third kappa shape index (κ3) is 2.57. The lowest BCUT2D eigenvalue weighted by Crippen LogP contribution is -1.93. The number of hydrogen-bond donors (Lipinski definition) is 1. The van der Waals surface area contributed by atoms with Crippen LogP contribution in [0, 0.1) is 0 Å². The van der Waals surface area contributed by atoms with Crippen LogP contribution in [-0.4, -0.2) is 15.0 Å². The molecule has 0 amide bonds. The van der Waals surface area contributed by atoms with Gasteiger partial charge in [0, 0.05) is 23.0 Å². The lowest BCUT2D eigenvalue weighted by Gasteiger charge is -1.97. The molecule has 0 spiro atoms. The van der Waals surface area contributed by atoms with Crippen LogP contribution in [-0.2, 0) is 0 Å². The first-order chi connectivity index (χ1) is 9.22. The molecule has 19 heavy (non-hydrogen) atoms. The SMILES string of the molecule is Nc1nccc(-c2cnc(-c3cccc(Cl)c3)s2)n1. The molecule has 4 nitrogen and oxygen atoms in total. The predicted molar refractivity (Wildman–Crippen MR) is 78.0 cm³/mol. The van der Waals surface area contributed by atoms with Crippen molar-refractivity contribution < 1.29 is 0 Å². The molecular formula is C13H9ClN4S. The van der Waals surface area contributed by atoms with E-state index in [9.17, 15) is 0 Å². The number of nitrogens with two attached hydrogens (primary N) is 1. The minimum atomic E-state index is 0.259. The Kier molecular flexibility index (Phi) is 3.15. The quantitative estimate of drug-likeness (QED) is 0.784. The number of aromatic nitrogens is 3. The molecule has 0 aliphatic heterocycles. The average Bonchev–Trinajstić information content (AvgIpc) is 2.88. The zero-order valence-corrected chi connectivity index (χ0v) is 11.3. The van der Waals surface area contributed by atoms with E-state index >= 15 is 0 Å². The van der Waals surface area contributed by atoms with Crippen molar-refractivity contribution in [3.05, 3.63) is 47.7 Å². The van der Waals surface area contributed by atoms with E-state index in [4.69, 9.17) is 17.3 Å². The van der Waals surface area contributed by atoms with E-state index in [1.54, 1.807) is 23.7 Å². The number of nitrogens with zero attached hydrogens (tertiary/aromatic N) is 3. The zero-order valence-electron chi connectivity index (χ0n) is 9.75. The molecule has 0 bridgehead atoms. The summed E-state index contributed by atoms with van der Waals surface area (Å²) in [6.45, 7) is 0. The number of thiazole rings is 1. The Hall–Kier alpha value is -1.98. The molecule has 0 saturated carbocycles. The highest BCUT2D eigenvalue weighted by atomic mass is 35.5. The summed E-state index contributed by atoms with van der Waals surface area (Å²) < 4.78 is 0. The Morgan fingerprint density at radius 3 is 2.84 bits per heavy atom. The summed E-state index contributed by atoms with van der Waals surface area (Å²) in [6.07, 6.45) is 3.42. The molecule has 3 aromatic rings. The van der Waals surface area contributed by atoms with Crippen LogP contribution < -0.4 is 5.73 Å². The van der Waals surface area contributed by atoms with E-state index < -0.39 is 0 Å². The van der Waals surface area contributed by atoms with E-state index in [0.717, 1.165) is 21.1 Å². The normalized spacial score (nSPS) is 10.6. The molecule has 94 valence electrons. The van der Waals surface area contributed by atoms with Gasteiger partial charge in [0.2, 0.25) is 5.95 Å². The summed E-state index contributed by atoms with van der Waals surface area (Å²) in [7, 11) is 0. The van der Waals surface area contributed by atoms with Gasteiger partial charge in [-0.3, -0.25) is 0 Å². The smallest absolute Gasteiger partial charge is 0.220 e. The zero-order chi connectivity index (χ0) is 13.2. The van der Waals surface area contributed by atoms with Crippen LogP contribution in [0.5, 0.6) is 0 Å². The fourth-order valence-electron chi connectivity index (χ4n) is 1.66. The van der Waals surface area contributed by atoms with E-state index in [0.29, 0.717) is 5.02 Å². The molecule has 0 aliphatic carbocycles. The van der Waals surface area contributed by atoms with Crippen molar-refractivity contribution >= 4 is 28.9 Å². The highest BCUT2D eigenvalue weighted by molar-refractivity contribution is 7.18. The average molecular weight is 289 g/mol. The number of hydrogen-bond acceptors (Lipinski definition) is 5. The second-order valence-corrected chi connectivity index (χ2v) is 5.31. The Morgan fingerprint density at radius 2 is 2.05 bits per heavy atom. The van der Waals surface area contributed by atoms with Gasteiger partial charge in [-0.25, -0.2) is 15.0 Å². The Labute approximate surface area is 118 Å². The fourth-order valence-corrected chi connectivity index (χ4v) is 2.73. The van der Waals surface area contributed by atoms with Gasteiger partial charge in [0.15, 0.2) is 0 Å². The van der Waals surface area contributed by atoms with Gasteiger partial charge in [0.1, 0.15) is 5.01 Å². The van der Waals surface area contributed by atoms with Gasteiger partial charge in [0.25, 0.3) is 0 Å². The Morgan fingerprint density at radius 1 is 1.16 bits per heavy atom. The van der Waals surface area contributed by atoms with Crippen molar-refractivity contribution in [2.45, 2.75) is 0 Å². The number of anilines is 1. The molecule has 6 heteroatoms. The van der Waals surface area contributed by atoms with Gasteiger partial charge in [-0.15, -0.1) is 11.3 Å². The highest BCUT2D eigenvalue weighted by Gasteiger charge is 2.08. The van der Waals surface area contributed by atoms with Crippen molar-refractivity contribution in [1.82, 2.24) is 15.0 Å². The molecule has 2 heterocycles. The Bertz CT molecular complexity index is 666. The largest absolute Gasteiger partial charge is 0.368 e. The second kappa shape index (κ2) is 4.95. The van der Waals surface area contributed by atoms with Gasteiger partial charge in [-0.1, -0.05) is 23.7 Å². The molecule has 2 aromatic heterocycles. The maximum atomic E-state index is 5.98. The monoisotopic (exact) mass is 288 g/mol. The molecule has 3 rings (SSSR count). The molecule has 1 aromatic carbocycles. The summed E-state index contributed by atoms with van der Waals surface area (Å²) in [5.41, 5.74) is 7.35. The lowest BCUT2D eigenvalue weighted by atomic mass is 10.2. The number of rotatable bonds is 2. The van der Waals surface area contributed by atoms with Crippen LogP contribution in [0.2, 0.25) is 5.02 Å². The summed E-state index contributed by atoms with van der Waals surface area (Å²) >= 11 is 7.52. The van der Waals surface area contributed by atoms with Crippen LogP contribution in [0.1, 0.15) is 0 Å². The van der Waals surface area contributed by atoms with E-state index in [2.05, 4.69) is 15.0 Å². The molecule has 0 radical (unpaired) electrons. The maximum Gasteiger partial charge on any atom is 0.220 e. The van der Waals surface area contributed by atoms with Crippen LogP contribution >= 0.6 is 22.9 Å². The molecule has 0 saturated heterocycles. The van der Waals surface area contributed by atoms with Crippen molar-refractivity contribution in [3.8, 4) is 21.1 Å². The first kappa shape index (κ1) is 12.1. The minimum Gasteiger partial charge on any atom is -0.368 e. The van der Waals surface area contributed by atoms with Gasteiger partial charge >= 0.3 is 0 Å². The molecular weight excluding hydrogens is 280 g/mol. The van der Waals surface area contributed by atoms with Gasteiger partial charge in [0.05, 0.1) is 10.6 Å².